The monoisotopic (exact) mass is 380 g/mol. The smallest absolute Gasteiger partial charge is 0.272 e. The first-order valence-corrected chi connectivity index (χ1v) is 7.88. The number of hydrogen-bond donors (Lipinski definition) is 2. The SMILES string of the molecule is O=c1[nH]/c(=C/c2ccc([N+](=O)[O-])cc2)c(=O)[nH]/c1=C\c1ccc([N+](=O)[O-])cc1. The summed E-state index contributed by atoms with van der Waals surface area (Å²) in [4.78, 5) is 49.6. The fraction of sp³-hybridized carbons (Fsp3) is 0. The van der Waals surface area contributed by atoms with E-state index in [1.54, 1.807) is 0 Å². The third-order valence-corrected chi connectivity index (χ3v) is 3.82. The van der Waals surface area contributed by atoms with Gasteiger partial charge in [0.2, 0.25) is 0 Å². The molecule has 3 rings (SSSR count). The van der Waals surface area contributed by atoms with Crippen molar-refractivity contribution in [2.75, 3.05) is 0 Å². The summed E-state index contributed by atoms with van der Waals surface area (Å²) in [5, 5.41) is 21.3. The molecular weight excluding hydrogens is 368 g/mol. The van der Waals surface area contributed by atoms with Crippen LogP contribution < -0.4 is 21.8 Å². The molecule has 0 aliphatic heterocycles. The minimum atomic E-state index is -0.564. The summed E-state index contributed by atoms with van der Waals surface area (Å²) < 4.78 is 0. The largest absolute Gasteiger partial charge is 0.316 e. The van der Waals surface area contributed by atoms with Crippen molar-refractivity contribution >= 4 is 23.5 Å². The minimum Gasteiger partial charge on any atom is -0.316 e. The highest BCUT2D eigenvalue weighted by atomic mass is 16.6. The Hall–Kier alpha value is -4.34. The minimum absolute atomic E-state index is 0.0142. The molecule has 3 aromatic rings. The summed E-state index contributed by atoms with van der Waals surface area (Å²) in [5.74, 6) is 0. The van der Waals surface area contributed by atoms with E-state index in [-0.39, 0.29) is 22.1 Å². The van der Waals surface area contributed by atoms with Crippen LogP contribution in [0.4, 0.5) is 11.4 Å². The number of benzene rings is 2. The maximum Gasteiger partial charge on any atom is 0.272 e. The van der Waals surface area contributed by atoms with Gasteiger partial charge in [-0.1, -0.05) is 0 Å². The van der Waals surface area contributed by atoms with Crippen LogP contribution >= 0.6 is 0 Å². The van der Waals surface area contributed by atoms with E-state index in [9.17, 15) is 29.8 Å². The van der Waals surface area contributed by atoms with E-state index in [0.29, 0.717) is 11.1 Å². The van der Waals surface area contributed by atoms with Gasteiger partial charge in [0.05, 0.1) is 9.85 Å². The molecule has 0 unspecified atom stereocenters. The quantitative estimate of drug-likeness (QED) is 0.498. The van der Waals surface area contributed by atoms with Gasteiger partial charge in [-0.3, -0.25) is 29.8 Å². The lowest BCUT2D eigenvalue weighted by Gasteiger charge is -1.95. The number of aromatic amines is 2. The molecule has 0 fully saturated rings. The first kappa shape index (κ1) is 18.5. The maximum atomic E-state index is 12.2. The van der Waals surface area contributed by atoms with E-state index < -0.39 is 21.0 Å². The van der Waals surface area contributed by atoms with Crippen molar-refractivity contribution in [1.29, 1.82) is 0 Å². The van der Waals surface area contributed by atoms with Gasteiger partial charge in [0.15, 0.2) is 0 Å². The zero-order valence-corrected chi connectivity index (χ0v) is 14.1. The molecule has 2 N–H and O–H groups in total. The van der Waals surface area contributed by atoms with Gasteiger partial charge < -0.3 is 9.97 Å². The lowest BCUT2D eigenvalue weighted by Crippen LogP contribution is -2.46. The molecular formula is C18H12N4O6. The number of H-pyrrole nitrogens is 2. The second-order valence-corrected chi connectivity index (χ2v) is 5.72. The predicted octanol–water partition coefficient (Wildman–Crippen LogP) is 0.537. The van der Waals surface area contributed by atoms with Gasteiger partial charge in [0.1, 0.15) is 10.7 Å². The Morgan fingerprint density at radius 1 is 0.643 bits per heavy atom. The topological polar surface area (TPSA) is 152 Å². The maximum absolute atomic E-state index is 12.2. The van der Waals surface area contributed by atoms with Crippen LogP contribution in [0.5, 0.6) is 0 Å². The summed E-state index contributed by atoms with van der Waals surface area (Å²) in [7, 11) is 0. The molecule has 0 amide bonds. The van der Waals surface area contributed by atoms with Crippen molar-refractivity contribution < 1.29 is 9.85 Å². The molecule has 2 aromatic carbocycles. The molecule has 1 heterocycles. The van der Waals surface area contributed by atoms with Crippen molar-refractivity contribution in [3.63, 3.8) is 0 Å². The van der Waals surface area contributed by atoms with Gasteiger partial charge in [-0.15, -0.1) is 0 Å². The van der Waals surface area contributed by atoms with Crippen molar-refractivity contribution in [2.45, 2.75) is 0 Å². The number of nitro groups is 2. The van der Waals surface area contributed by atoms with Crippen LogP contribution in [0.1, 0.15) is 11.1 Å². The molecule has 10 nitrogen and oxygen atoms in total. The number of nitro benzene ring substituents is 2. The van der Waals surface area contributed by atoms with E-state index in [2.05, 4.69) is 9.97 Å². The number of aromatic nitrogens is 2. The second kappa shape index (κ2) is 7.50. The van der Waals surface area contributed by atoms with E-state index in [0.717, 1.165) is 0 Å². The van der Waals surface area contributed by atoms with Crippen LogP contribution in [0.25, 0.3) is 12.2 Å². The van der Waals surface area contributed by atoms with Gasteiger partial charge in [-0.05, 0) is 47.5 Å². The normalized spacial score (nSPS) is 12.1. The predicted molar refractivity (Wildman–Crippen MR) is 100 cm³/mol. The third-order valence-electron chi connectivity index (χ3n) is 3.82. The first-order valence-electron chi connectivity index (χ1n) is 7.88. The van der Waals surface area contributed by atoms with Crippen LogP contribution in [0, 0.1) is 20.2 Å². The van der Waals surface area contributed by atoms with Gasteiger partial charge in [0, 0.05) is 24.3 Å². The van der Waals surface area contributed by atoms with Crippen molar-refractivity contribution in [3.8, 4) is 0 Å². The zero-order chi connectivity index (χ0) is 20.3. The molecule has 0 saturated heterocycles. The summed E-state index contributed by atoms with van der Waals surface area (Å²) >= 11 is 0. The molecule has 0 spiro atoms. The van der Waals surface area contributed by atoms with Crippen molar-refractivity contribution in [2.24, 2.45) is 0 Å². The van der Waals surface area contributed by atoms with Crippen LogP contribution in [0.2, 0.25) is 0 Å². The van der Waals surface area contributed by atoms with E-state index >= 15 is 0 Å². The lowest BCUT2D eigenvalue weighted by molar-refractivity contribution is -0.385. The Labute approximate surface area is 155 Å². The molecule has 1 aromatic heterocycles. The van der Waals surface area contributed by atoms with Crippen LogP contribution in [0.15, 0.2) is 58.1 Å². The number of non-ortho nitro benzene ring substituents is 2. The van der Waals surface area contributed by atoms with Gasteiger partial charge in [-0.2, -0.15) is 0 Å². The molecule has 28 heavy (non-hydrogen) atoms. The average Bonchev–Trinajstić information content (AvgIpc) is 2.66. The number of nitrogens with one attached hydrogen (secondary N) is 2. The fourth-order valence-electron chi connectivity index (χ4n) is 2.41. The average molecular weight is 380 g/mol. The number of rotatable bonds is 4. The highest BCUT2D eigenvalue weighted by molar-refractivity contribution is 5.52. The summed E-state index contributed by atoms with van der Waals surface area (Å²) in [6, 6.07) is 11.0. The zero-order valence-electron chi connectivity index (χ0n) is 14.1. The molecule has 0 bridgehead atoms. The highest BCUT2D eigenvalue weighted by Gasteiger charge is 2.04. The Bertz CT molecular complexity index is 1180. The Morgan fingerprint density at radius 3 is 1.25 bits per heavy atom. The fourth-order valence-corrected chi connectivity index (χ4v) is 2.41. The molecule has 10 heteroatoms. The number of nitrogens with zero attached hydrogens (tertiary/aromatic N) is 2. The van der Waals surface area contributed by atoms with Gasteiger partial charge >= 0.3 is 0 Å². The van der Waals surface area contributed by atoms with Crippen molar-refractivity contribution in [1.82, 2.24) is 9.97 Å². The molecule has 0 atom stereocenters. The molecule has 0 radical (unpaired) electrons. The molecule has 0 saturated carbocycles. The van der Waals surface area contributed by atoms with Crippen LogP contribution in [-0.2, 0) is 0 Å². The summed E-state index contributed by atoms with van der Waals surface area (Å²) in [6.07, 6.45) is 2.78. The second-order valence-electron chi connectivity index (χ2n) is 5.72. The lowest BCUT2D eigenvalue weighted by atomic mass is 10.2. The van der Waals surface area contributed by atoms with Crippen LogP contribution in [-0.4, -0.2) is 19.8 Å². The number of hydrogen-bond acceptors (Lipinski definition) is 6. The highest BCUT2D eigenvalue weighted by Crippen LogP contribution is 2.12. The van der Waals surface area contributed by atoms with Gasteiger partial charge in [-0.25, -0.2) is 0 Å². The molecule has 140 valence electrons. The van der Waals surface area contributed by atoms with Crippen LogP contribution in [0.3, 0.4) is 0 Å². The van der Waals surface area contributed by atoms with E-state index in [1.165, 1.54) is 60.7 Å². The Balaban J connectivity index is 2.01. The summed E-state index contributed by atoms with van der Waals surface area (Å²) in [6.45, 7) is 0. The van der Waals surface area contributed by atoms with Gasteiger partial charge in [0.25, 0.3) is 22.5 Å². The van der Waals surface area contributed by atoms with E-state index in [1.807, 2.05) is 0 Å². The Kier molecular flexibility index (Phi) is 4.94. The van der Waals surface area contributed by atoms with E-state index in [4.69, 9.17) is 0 Å². The Morgan fingerprint density at radius 2 is 0.964 bits per heavy atom. The standard InChI is InChI=1S/C18H12N4O6/c23-17-15(9-11-1-5-13(6-2-11)21(25)26)19-18(24)16(20-17)10-12-3-7-14(8-4-12)22(27)28/h1-10H,(H,19,24)(H,20,23)/b15-9-,16-10+. The van der Waals surface area contributed by atoms with Crippen molar-refractivity contribution in [3.05, 3.63) is 111 Å². The summed E-state index contributed by atoms with van der Waals surface area (Å²) in [5.41, 5.74) is -0.310. The molecule has 0 aliphatic carbocycles. The molecule has 0 aliphatic rings. The third kappa shape index (κ3) is 4.07. The first-order chi connectivity index (χ1) is 13.3.